The Balaban J connectivity index is 3.03. The van der Waals surface area contributed by atoms with Gasteiger partial charge in [-0.2, -0.15) is 0 Å². The molecule has 0 saturated heterocycles. The van der Waals surface area contributed by atoms with Crippen LogP contribution in [0.2, 0.25) is 0 Å². The predicted molar refractivity (Wildman–Crippen MR) is 62.3 cm³/mol. The molecule has 0 N–H and O–H groups in total. The van der Waals surface area contributed by atoms with Crippen molar-refractivity contribution >= 4 is 40.6 Å². The highest BCUT2D eigenvalue weighted by atomic mass is 79.9. The third kappa shape index (κ3) is 2.88. The summed E-state index contributed by atoms with van der Waals surface area (Å²) in [5.74, 6) is -0.543. The molecule has 0 unspecified atom stereocenters. The van der Waals surface area contributed by atoms with E-state index < -0.39 is 30.7 Å². The van der Waals surface area contributed by atoms with Crippen molar-refractivity contribution in [2.24, 2.45) is 4.99 Å². The maximum absolute atomic E-state index is 11.5. The lowest BCUT2D eigenvalue weighted by atomic mass is 10.6. The first kappa shape index (κ1) is 12.9. The first-order valence-corrected chi connectivity index (χ1v) is 8.12. The molecule has 0 amide bonds. The lowest BCUT2D eigenvalue weighted by molar-refractivity contribution is 0.590. The average molecular weight is 316 g/mol. The standard InChI is InChI=1S/C7H10BrNO4S2/c1-5(2)14(10,11)4-7-9-6(8)3-15(7,12)13/h3,5H,4H2,1-2H3. The van der Waals surface area contributed by atoms with Crippen LogP contribution in [0.25, 0.3) is 0 Å². The summed E-state index contributed by atoms with van der Waals surface area (Å²) in [6.45, 7) is 3.00. The summed E-state index contributed by atoms with van der Waals surface area (Å²) in [6.07, 6.45) is 0. The second-order valence-electron chi connectivity index (χ2n) is 3.35. The molecular formula is C7H10BrNO4S2. The van der Waals surface area contributed by atoms with Gasteiger partial charge >= 0.3 is 0 Å². The van der Waals surface area contributed by atoms with Crippen molar-refractivity contribution in [2.45, 2.75) is 19.1 Å². The molecule has 15 heavy (non-hydrogen) atoms. The van der Waals surface area contributed by atoms with Crippen LogP contribution in [0.1, 0.15) is 13.8 Å². The van der Waals surface area contributed by atoms with Crippen LogP contribution in [0.4, 0.5) is 0 Å². The zero-order valence-corrected chi connectivity index (χ0v) is 11.4. The Bertz CT molecular complexity index is 527. The van der Waals surface area contributed by atoms with Gasteiger partial charge in [0.1, 0.15) is 10.4 Å². The molecule has 0 aromatic rings. The van der Waals surface area contributed by atoms with Gasteiger partial charge in [-0.25, -0.2) is 21.8 Å². The number of aliphatic imine (C=N–C) groups is 1. The highest BCUT2D eigenvalue weighted by Crippen LogP contribution is 2.21. The first-order valence-electron chi connectivity index (χ1n) is 4.06. The van der Waals surface area contributed by atoms with Crippen LogP contribution < -0.4 is 0 Å². The Kier molecular flexibility index (Phi) is 3.42. The highest BCUT2D eigenvalue weighted by molar-refractivity contribution is 9.11. The molecule has 0 atom stereocenters. The molecule has 5 nitrogen and oxygen atoms in total. The summed E-state index contributed by atoms with van der Waals surface area (Å²) in [5.41, 5.74) is 0. The Labute approximate surface area is 97.2 Å². The molecule has 0 saturated carbocycles. The fraction of sp³-hybridized carbons (Fsp3) is 0.571. The van der Waals surface area contributed by atoms with Crippen LogP contribution in [0.3, 0.4) is 0 Å². The normalized spacial score (nSPS) is 20.3. The van der Waals surface area contributed by atoms with Crippen molar-refractivity contribution in [3.63, 3.8) is 0 Å². The lowest BCUT2D eigenvalue weighted by Gasteiger charge is -2.06. The molecule has 1 aliphatic rings. The van der Waals surface area contributed by atoms with E-state index in [4.69, 9.17) is 0 Å². The topological polar surface area (TPSA) is 80.6 Å². The summed E-state index contributed by atoms with van der Waals surface area (Å²) in [5, 5.41) is -0.0316. The van der Waals surface area contributed by atoms with Gasteiger partial charge in [0.2, 0.25) is 9.84 Å². The maximum Gasteiger partial charge on any atom is 0.216 e. The predicted octanol–water partition coefficient (Wildman–Crippen LogP) is 0.830. The Morgan fingerprint density at radius 2 is 2.00 bits per heavy atom. The van der Waals surface area contributed by atoms with E-state index in [0.717, 1.165) is 5.41 Å². The van der Waals surface area contributed by atoms with Crippen LogP contribution in [0.15, 0.2) is 15.0 Å². The van der Waals surface area contributed by atoms with E-state index in [9.17, 15) is 16.8 Å². The Morgan fingerprint density at radius 1 is 1.47 bits per heavy atom. The number of sulfone groups is 2. The summed E-state index contributed by atoms with van der Waals surface area (Å²) < 4.78 is 45.9. The molecule has 1 heterocycles. The minimum Gasteiger partial charge on any atom is -0.232 e. The largest absolute Gasteiger partial charge is 0.232 e. The highest BCUT2D eigenvalue weighted by Gasteiger charge is 2.30. The van der Waals surface area contributed by atoms with Crippen molar-refractivity contribution in [1.82, 2.24) is 0 Å². The Morgan fingerprint density at radius 3 is 2.33 bits per heavy atom. The molecule has 0 fully saturated rings. The first-order chi connectivity index (χ1) is 6.65. The number of nitrogens with zero attached hydrogens (tertiary/aromatic N) is 1. The van der Waals surface area contributed by atoms with Gasteiger partial charge in [-0.3, -0.25) is 0 Å². The number of hydrogen-bond acceptors (Lipinski definition) is 5. The van der Waals surface area contributed by atoms with Crippen LogP contribution >= 0.6 is 15.9 Å². The molecule has 0 bridgehead atoms. The smallest absolute Gasteiger partial charge is 0.216 e. The SMILES string of the molecule is CC(C)S(=O)(=O)CC1=NC(Br)=CS1(=O)=O. The van der Waals surface area contributed by atoms with E-state index in [1.807, 2.05) is 0 Å². The molecule has 0 radical (unpaired) electrons. The van der Waals surface area contributed by atoms with E-state index in [1.165, 1.54) is 13.8 Å². The van der Waals surface area contributed by atoms with E-state index >= 15 is 0 Å². The van der Waals surface area contributed by atoms with Crippen molar-refractivity contribution in [3.8, 4) is 0 Å². The molecule has 0 aromatic heterocycles. The minimum absolute atomic E-state index is 0.136. The molecule has 0 aliphatic carbocycles. The third-order valence-corrected chi connectivity index (χ3v) is 6.29. The van der Waals surface area contributed by atoms with Gasteiger partial charge in [0.15, 0.2) is 14.9 Å². The summed E-state index contributed by atoms with van der Waals surface area (Å²) in [6, 6.07) is 0. The van der Waals surface area contributed by atoms with Gasteiger partial charge in [0.25, 0.3) is 0 Å². The summed E-state index contributed by atoms with van der Waals surface area (Å²) >= 11 is 2.90. The van der Waals surface area contributed by atoms with Crippen LogP contribution in [0.5, 0.6) is 0 Å². The van der Waals surface area contributed by atoms with Gasteiger partial charge in [-0.15, -0.1) is 0 Å². The summed E-state index contributed by atoms with van der Waals surface area (Å²) in [4.78, 5) is 3.64. The zero-order chi connectivity index (χ0) is 11.9. The quantitative estimate of drug-likeness (QED) is 0.722. The van der Waals surface area contributed by atoms with Gasteiger partial charge in [0.05, 0.1) is 10.7 Å². The van der Waals surface area contributed by atoms with Crippen LogP contribution in [0, 0.1) is 0 Å². The molecule has 1 rings (SSSR count). The number of hydrogen-bond donors (Lipinski definition) is 0. The van der Waals surface area contributed by atoms with Crippen molar-refractivity contribution in [2.75, 3.05) is 5.75 Å². The van der Waals surface area contributed by atoms with Crippen LogP contribution in [-0.4, -0.2) is 32.9 Å². The fourth-order valence-corrected chi connectivity index (χ4v) is 4.49. The minimum atomic E-state index is -3.64. The molecular weight excluding hydrogens is 306 g/mol. The van der Waals surface area contributed by atoms with Crippen molar-refractivity contribution in [1.29, 1.82) is 0 Å². The Hall–Kier alpha value is -0.210. The molecule has 1 aliphatic heterocycles. The monoisotopic (exact) mass is 315 g/mol. The van der Waals surface area contributed by atoms with Crippen LogP contribution in [-0.2, 0) is 19.7 Å². The molecule has 86 valence electrons. The van der Waals surface area contributed by atoms with Gasteiger partial charge in [0, 0.05) is 0 Å². The van der Waals surface area contributed by atoms with E-state index in [2.05, 4.69) is 20.9 Å². The van der Waals surface area contributed by atoms with Gasteiger partial charge < -0.3 is 0 Å². The zero-order valence-electron chi connectivity index (χ0n) is 8.14. The lowest BCUT2D eigenvalue weighted by Crippen LogP contribution is -2.26. The van der Waals surface area contributed by atoms with Gasteiger partial charge in [-0.1, -0.05) is 0 Å². The molecule has 0 spiro atoms. The molecule has 0 aromatic carbocycles. The second kappa shape index (κ2) is 3.99. The molecule has 8 heteroatoms. The van der Waals surface area contributed by atoms with E-state index in [1.54, 1.807) is 0 Å². The third-order valence-electron chi connectivity index (χ3n) is 1.86. The van der Waals surface area contributed by atoms with E-state index in [0.29, 0.717) is 0 Å². The summed E-state index contributed by atoms with van der Waals surface area (Å²) in [7, 11) is -7.08. The number of halogens is 1. The van der Waals surface area contributed by atoms with Crippen molar-refractivity contribution < 1.29 is 16.8 Å². The van der Waals surface area contributed by atoms with Gasteiger partial charge in [-0.05, 0) is 29.8 Å². The average Bonchev–Trinajstić information content (AvgIpc) is 2.23. The van der Waals surface area contributed by atoms with E-state index in [-0.39, 0.29) is 9.65 Å². The van der Waals surface area contributed by atoms with Crippen molar-refractivity contribution in [3.05, 3.63) is 10.0 Å². The second-order valence-corrected chi connectivity index (χ2v) is 8.51. The maximum atomic E-state index is 11.5. The number of rotatable bonds is 3. The fourth-order valence-electron chi connectivity index (χ4n) is 0.858.